The molecule has 0 bridgehead atoms. The fourth-order valence-electron chi connectivity index (χ4n) is 4.23. The van der Waals surface area contributed by atoms with Crippen molar-refractivity contribution in [2.75, 3.05) is 26.7 Å². The summed E-state index contributed by atoms with van der Waals surface area (Å²) >= 11 is 0. The SMILES string of the molecule is CNCC1CCCN(C(=O)Cn2c3ccccc3c(=O)c3ccccc32)C1.Cl. The van der Waals surface area contributed by atoms with Crippen molar-refractivity contribution in [3.8, 4) is 0 Å². The molecule has 2 aromatic carbocycles. The zero-order chi connectivity index (χ0) is 18.8. The molecule has 3 aromatic rings. The largest absolute Gasteiger partial charge is 0.341 e. The number of aromatic nitrogens is 1. The molecule has 1 N–H and O–H groups in total. The van der Waals surface area contributed by atoms with Crippen LogP contribution in [0.5, 0.6) is 0 Å². The fraction of sp³-hybridized carbons (Fsp3) is 0.364. The van der Waals surface area contributed by atoms with Gasteiger partial charge in [-0.2, -0.15) is 0 Å². The van der Waals surface area contributed by atoms with E-state index >= 15 is 0 Å². The van der Waals surface area contributed by atoms with E-state index in [9.17, 15) is 9.59 Å². The molecule has 1 aliphatic heterocycles. The van der Waals surface area contributed by atoms with E-state index in [0.717, 1.165) is 43.5 Å². The third-order valence-electron chi connectivity index (χ3n) is 5.54. The highest BCUT2D eigenvalue weighted by atomic mass is 35.5. The van der Waals surface area contributed by atoms with Crippen LogP contribution in [0.25, 0.3) is 21.8 Å². The third-order valence-corrected chi connectivity index (χ3v) is 5.54. The van der Waals surface area contributed by atoms with E-state index in [2.05, 4.69) is 5.32 Å². The van der Waals surface area contributed by atoms with Crippen LogP contribution < -0.4 is 10.7 Å². The predicted molar refractivity (Wildman–Crippen MR) is 116 cm³/mol. The first-order valence-electron chi connectivity index (χ1n) is 9.61. The molecule has 1 unspecified atom stereocenters. The van der Waals surface area contributed by atoms with Crippen LogP contribution in [-0.4, -0.2) is 42.1 Å². The number of rotatable bonds is 4. The Hall–Kier alpha value is -2.37. The number of likely N-dealkylation sites (tertiary alicyclic amines) is 1. The van der Waals surface area contributed by atoms with Gasteiger partial charge in [-0.15, -0.1) is 12.4 Å². The maximum absolute atomic E-state index is 13.1. The van der Waals surface area contributed by atoms with Crippen LogP contribution in [-0.2, 0) is 11.3 Å². The number of halogens is 1. The average Bonchev–Trinajstić information content (AvgIpc) is 2.71. The number of para-hydroxylation sites is 2. The monoisotopic (exact) mass is 399 g/mol. The van der Waals surface area contributed by atoms with Crippen LogP contribution in [0.2, 0.25) is 0 Å². The number of benzene rings is 2. The molecule has 6 heteroatoms. The van der Waals surface area contributed by atoms with E-state index in [1.807, 2.05) is 65.0 Å². The normalized spacial score (nSPS) is 16.9. The van der Waals surface area contributed by atoms with Gasteiger partial charge in [-0.05, 0) is 56.6 Å². The lowest BCUT2D eigenvalue weighted by atomic mass is 9.98. The Morgan fingerprint density at radius 2 is 1.68 bits per heavy atom. The second-order valence-electron chi connectivity index (χ2n) is 7.36. The first kappa shape index (κ1) is 20.4. The van der Waals surface area contributed by atoms with Crippen LogP contribution in [0.3, 0.4) is 0 Å². The molecule has 148 valence electrons. The van der Waals surface area contributed by atoms with Crippen molar-refractivity contribution in [1.29, 1.82) is 0 Å². The van der Waals surface area contributed by atoms with E-state index in [4.69, 9.17) is 0 Å². The Bertz CT molecular complexity index is 985. The first-order chi connectivity index (χ1) is 13.2. The van der Waals surface area contributed by atoms with Gasteiger partial charge >= 0.3 is 0 Å². The maximum atomic E-state index is 13.1. The zero-order valence-corrected chi connectivity index (χ0v) is 16.9. The summed E-state index contributed by atoms with van der Waals surface area (Å²) in [4.78, 5) is 27.9. The van der Waals surface area contributed by atoms with Crippen LogP contribution in [0, 0.1) is 5.92 Å². The van der Waals surface area contributed by atoms with Crippen LogP contribution >= 0.6 is 12.4 Å². The number of pyridine rings is 1. The molecule has 0 aliphatic carbocycles. The highest BCUT2D eigenvalue weighted by Crippen LogP contribution is 2.21. The number of fused-ring (bicyclic) bond motifs is 2. The summed E-state index contributed by atoms with van der Waals surface area (Å²) in [6, 6.07) is 15.1. The van der Waals surface area contributed by atoms with Gasteiger partial charge in [0.05, 0.1) is 11.0 Å². The van der Waals surface area contributed by atoms with E-state index in [1.165, 1.54) is 0 Å². The molecular formula is C22H26ClN3O2. The molecule has 5 nitrogen and oxygen atoms in total. The van der Waals surface area contributed by atoms with Gasteiger partial charge in [0.25, 0.3) is 0 Å². The second-order valence-corrected chi connectivity index (χ2v) is 7.36. The minimum atomic E-state index is 0. The molecule has 0 spiro atoms. The summed E-state index contributed by atoms with van der Waals surface area (Å²) in [5.74, 6) is 0.630. The Labute approximate surface area is 170 Å². The number of nitrogens with one attached hydrogen (secondary N) is 1. The fourth-order valence-corrected chi connectivity index (χ4v) is 4.23. The first-order valence-corrected chi connectivity index (χ1v) is 9.61. The molecule has 0 saturated carbocycles. The molecule has 1 aromatic heterocycles. The molecular weight excluding hydrogens is 374 g/mol. The second kappa shape index (κ2) is 8.76. The quantitative estimate of drug-likeness (QED) is 0.686. The van der Waals surface area contributed by atoms with E-state index in [0.29, 0.717) is 16.7 Å². The van der Waals surface area contributed by atoms with E-state index < -0.39 is 0 Å². The number of carbonyl (C=O) groups is 1. The van der Waals surface area contributed by atoms with Gasteiger partial charge < -0.3 is 14.8 Å². The topological polar surface area (TPSA) is 54.3 Å². The van der Waals surface area contributed by atoms with Gasteiger partial charge in [-0.25, -0.2) is 0 Å². The minimum absolute atomic E-state index is 0. The van der Waals surface area contributed by atoms with Crippen LogP contribution in [0.1, 0.15) is 12.8 Å². The Morgan fingerprint density at radius 1 is 1.07 bits per heavy atom. The highest BCUT2D eigenvalue weighted by Gasteiger charge is 2.24. The number of hydrogen-bond acceptors (Lipinski definition) is 3. The van der Waals surface area contributed by atoms with E-state index in [1.54, 1.807) is 0 Å². The van der Waals surface area contributed by atoms with Gasteiger partial charge in [0.2, 0.25) is 5.91 Å². The Kier molecular flexibility index (Phi) is 6.37. The molecule has 1 aliphatic rings. The van der Waals surface area contributed by atoms with Gasteiger partial charge in [0.15, 0.2) is 5.43 Å². The summed E-state index contributed by atoms with van der Waals surface area (Å²) in [6.07, 6.45) is 2.21. The molecule has 2 heterocycles. The number of nitrogens with zero attached hydrogens (tertiary/aromatic N) is 2. The maximum Gasteiger partial charge on any atom is 0.242 e. The number of amides is 1. The van der Waals surface area contributed by atoms with Gasteiger partial charge in [-0.1, -0.05) is 24.3 Å². The summed E-state index contributed by atoms with van der Waals surface area (Å²) in [6.45, 7) is 2.81. The Morgan fingerprint density at radius 3 is 2.29 bits per heavy atom. The molecule has 1 saturated heterocycles. The number of piperidine rings is 1. The summed E-state index contributed by atoms with van der Waals surface area (Å²) < 4.78 is 2.00. The van der Waals surface area contributed by atoms with Gasteiger partial charge in [-0.3, -0.25) is 9.59 Å². The molecule has 1 amide bonds. The van der Waals surface area contributed by atoms with Crippen molar-refractivity contribution in [1.82, 2.24) is 14.8 Å². The molecule has 28 heavy (non-hydrogen) atoms. The van der Waals surface area contributed by atoms with Crippen molar-refractivity contribution in [3.05, 3.63) is 58.8 Å². The van der Waals surface area contributed by atoms with E-state index in [-0.39, 0.29) is 30.3 Å². The van der Waals surface area contributed by atoms with Gasteiger partial charge in [0, 0.05) is 23.9 Å². The lowest BCUT2D eigenvalue weighted by molar-refractivity contribution is -0.133. The molecule has 1 atom stereocenters. The van der Waals surface area contributed by atoms with Crippen molar-refractivity contribution >= 4 is 40.1 Å². The lowest BCUT2D eigenvalue weighted by Gasteiger charge is -2.33. The van der Waals surface area contributed by atoms with Crippen LogP contribution in [0.4, 0.5) is 0 Å². The molecule has 1 fully saturated rings. The van der Waals surface area contributed by atoms with Crippen molar-refractivity contribution in [2.45, 2.75) is 19.4 Å². The minimum Gasteiger partial charge on any atom is -0.341 e. The van der Waals surface area contributed by atoms with Crippen molar-refractivity contribution in [2.24, 2.45) is 5.92 Å². The summed E-state index contributed by atoms with van der Waals surface area (Å²) in [5.41, 5.74) is 1.66. The lowest BCUT2D eigenvalue weighted by Crippen LogP contribution is -2.43. The van der Waals surface area contributed by atoms with Gasteiger partial charge in [0.1, 0.15) is 6.54 Å². The smallest absolute Gasteiger partial charge is 0.242 e. The predicted octanol–water partition coefficient (Wildman–Crippen LogP) is 3.03. The standard InChI is InChI=1S/C22H25N3O2.ClH/c1-23-13-16-7-6-12-24(14-16)21(26)15-25-19-10-4-2-8-17(19)22(27)18-9-3-5-11-20(18)25;/h2-5,8-11,16,23H,6-7,12-15H2,1H3;1H. The highest BCUT2D eigenvalue weighted by molar-refractivity contribution is 5.94. The van der Waals surface area contributed by atoms with Crippen molar-refractivity contribution in [3.63, 3.8) is 0 Å². The summed E-state index contributed by atoms with van der Waals surface area (Å²) in [7, 11) is 1.96. The third kappa shape index (κ3) is 3.77. The Balaban J connectivity index is 0.00000225. The molecule has 4 rings (SSSR count). The van der Waals surface area contributed by atoms with Crippen molar-refractivity contribution < 1.29 is 4.79 Å². The van der Waals surface area contributed by atoms with Crippen LogP contribution in [0.15, 0.2) is 53.3 Å². The number of hydrogen-bond donors (Lipinski definition) is 1. The zero-order valence-electron chi connectivity index (χ0n) is 16.1. The summed E-state index contributed by atoms with van der Waals surface area (Å²) in [5, 5.41) is 4.55. The molecule has 0 radical (unpaired) electrons. The number of carbonyl (C=O) groups excluding carboxylic acids is 1. The average molecular weight is 400 g/mol.